The highest BCUT2D eigenvalue weighted by atomic mass is 16.5. The summed E-state index contributed by atoms with van der Waals surface area (Å²) in [6.07, 6.45) is 0.865. The summed E-state index contributed by atoms with van der Waals surface area (Å²) in [5.41, 5.74) is -0.404. The van der Waals surface area contributed by atoms with Crippen molar-refractivity contribution in [2.75, 3.05) is 6.61 Å². The van der Waals surface area contributed by atoms with Crippen LogP contribution in [0, 0.1) is 5.41 Å². The molecule has 13 heavy (non-hydrogen) atoms. The van der Waals surface area contributed by atoms with E-state index < -0.39 is 11.5 Å². The average molecular weight is 188 g/mol. The number of carbonyl (C=O) groups is 1. The van der Waals surface area contributed by atoms with E-state index in [1.54, 1.807) is 6.92 Å². The van der Waals surface area contributed by atoms with Crippen LogP contribution in [0.15, 0.2) is 0 Å². The van der Waals surface area contributed by atoms with Crippen molar-refractivity contribution < 1.29 is 14.6 Å². The first-order valence-electron chi connectivity index (χ1n) is 4.75. The van der Waals surface area contributed by atoms with Gasteiger partial charge in [-0.2, -0.15) is 0 Å². The van der Waals surface area contributed by atoms with Crippen LogP contribution < -0.4 is 0 Å². The molecule has 0 fully saturated rings. The molecule has 0 saturated carbocycles. The molecular weight excluding hydrogens is 168 g/mol. The predicted molar refractivity (Wildman–Crippen MR) is 51.3 cm³/mol. The third-order valence-corrected chi connectivity index (χ3v) is 2.21. The monoisotopic (exact) mass is 188 g/mol. The van der Waals surface area contributed by atoms with Crippen LogP contribution in [0.3, 0.4) is 0 Å². The summed E-state index contributed by atoms with van der Waals surface area (Å²) in [6, 6.07) is 0. The van der Waals surface area contributed by atoms with Gasteiger partial charge < -0.3 is 9.84 Å². The van der Waals surface area contributed by atoms with Gasteiger partial charge in [-0.3, -0.25) is 4.79 Å². The normalized spacial score (nSPS) is 13.9. The molecule has 0 aliphatic heterocycles. The fourth-order valence-electron chi connectivity index (χ4n) is 0.662. The largest absolute Gasteiger partial charge is 0.465 e. The molecule has 0 rings (SSSR count). The molecule has 0 radical (unpaired) electrons. The number of esters is 1. The van der Waals surface area contributed by atoms with E-state index in [2.05, 4.69) is 0 Å². The summed E-state index contributed by atoms with van der Waals surface area (Å²) < 4.78 is 5.01. The van der Waals surface area contributed by atoms with Crippen molar-refractivity contribution in [2.24, 2.45) is 5.41 Å². The summed E-state index contributed by atoms with van der Waals surface area (Å²) in [7, 11) is 0. The lowest BCUT2D eigenvalue weighted by atomic mass is 9.91. The molecule has 0 aliphatic rings. The highest BCUT2D eigenvalue weighted by molar-refractivity contribution is 5.75. The molecule has 0 aromatic carbocycles. The van der Waals surface area contributed by atoms with Gasteiger partial charge in [0.2, 0.25) is 0 Å². The Hall–Kier alpha value is -0.570. The van der Waals surface area contributed by atoms with Crippen LogP contribution in [0.5, 0.6) is 0 Å². The second kappa shape index (κ2) is 5.22. The van der Waals surface area contributed by atoms with E-state index in [4.69, 9.17) is 9.84 Å². The van der Waals surface area contributed by atoms with E-state index in [-0.39, 0.29) is 5.97 Å². The molecule has 0 heterocycles. The van der Waals surface area contributed by atoms with Gasteiger partial charge in [-0.1, -0.05) is 6.92 Å². The number of aliphatic hydroxyl groups excluding tert-OH is 1. The maximum atomic E-state index is 11.4. The minimum absolute atomic E-state index is 0.185. The van der Waals surface area contributed by atoms with E-state index in [1.807, 2.05) is 20.8 Å². The summed E-state index contributed by atoms with van der Waals surface area (Å²) >= 11 is 0. The van der Waals surface area contributed by atoms with Crippen molar-refractivity contribution in [2.45, 2.75) is 46.6 Å². The number of carbonyl (C=O) groups excluding carboxylic acids is 1. The number of hydrogen-bond donors (Lipinski definition) is 1. The third kappa shape index (κ3) is 4.88. The molecule has 78 valence electrons. The Morgan fingerprint density at radius 3 is 2.46 bits per heavy atom. The van der Waals surface area contributed by atoms with Crippen LogP contribution in [-0.4, -0.2) is 23.8 Å². The molecule has 3 nitrogen and oxygen atoms in total. The minimum Gasteiger partial charge on any atom is -0.465 e. The second-order valence-corrected chi connectivity index (χ2v) is 4.01. The zero-order valence-electron chi connectivity index (χ0n) is 8.96. The Bertz CT molecular complexity index is 162. The van der Waals surface area contributed by atoms with Crippen LogP contribution in [0.2, 0.25) is 0 Å². The molecule has 0 aromatic rings. The van der Waals surface area contributed by atoms with Gasteiger partial charge in [0, 0.05) is 6.42 Å². The van der Waals surface area contributed by atoms with Crippen LogP contribution >= 0.6 is 0 Å². The van der Waals surface area contributed by atoms with Crippen LogP contribution in [0.1, 0.15) is 40.5 Å². The van der Waals surface area contributed by atoms with E-state index in [1.165, 1.54) is 0 Å². The molecule has 0 aromatic heterocycles. The van der Waals surface area contributed by atoms with Crippen molar-refractivity contribution >= 4 is 5.97 Å². The molecule has 0 saturated heterocycles. The van der Waals surface area contributed by atoms with Crippen molar-refractivity contribution in [1.29, 1.82) is 0 Å². The Morgan fingerprint density at radius 1 is 1.54 bits per heavy atom. The third-order valence-electron chi connectivity index (χ3n) is 2.21. The zero-order valence-corrected chi connectivity index (χ0v) is 8.96. The number of ether oxygens (including phenoxy) is 1. The van der Waals surface area contributed by atoms with E-state index in [0.717, 1.165) is 6.42 Å². The summed E-state index contributed by atoms with van der Waals surface area (Å²) in [6.45, 7) is 7.66. The van der Waals surface area contributed by atoms with Gasteiger partial charge >= 0.3 is 5.97 Å². The first-order chi connectivity index (χ1) is 5.90. The molecule has 1 atom stereocenters. The Labute approximate surface area is 80.1 Å². The van der Waals surface area contributed by atoms with Gasteiger partial charge in [-0.15, -0.1) is 0 Å². The van der Waals surface area contributed by atoms with E-state index >= 15 is 0 Å². The van der Waals surface area contributed by atoms with Gasteiger partial charge in [-0.25, -0.2) is 0 Å². The van der Waals surface area contributed by atoms with Gasteiger partial charge in [0.25, 0.3) is 0 Å². The minimum atomic E-state index is -0.405. The number of aliphatic hydroxyl groups is 1. The van der Waals surface area contributed by atoms with Crippen molar-refractivity contribution in [1.82, 2.24) is 0 Å². The van der Waals surface area contributed by atoms with Gasteiger partial charge in [0.1, 0.15) is 0 Å². The Balaban J connectivity index is 3.75. The molecular formula is C10H20O3. The van der Waals surface area contributed by atoms with E-state index in [0.29, 0.717) is 13.0 Å². The average Bonchev–Trinajstić information content (AvgIpc) is 2.03. The first kappa shape index (κ1) is 12.4. The topological polar surface area (TPSA) is 46.5 Å². The molecule has 0 spiro atoms. The molecule has 0 bridgehead atoms. The van der Waals surface area contributed by atoms with Crippen LogP contribution in [0.25, 0.3) is 0 Å². The first-order valence-corrected chi connectivity index (χ1v) is 4.75. The van der Waals surface area contributed by atoms with Crippen LogP contribution in [-0.2, 0) is 9.53 Å². The maximum absolute atomic E-state index is 11.4. The maximum Gasteiger partial charge on any atom is 0.311 e. The highest BCUT2D eigenvalue weighted by Crippen LogP contribution is 2.21. The molecule has 1 N–H and O–H groups in total. The van der Waals surface area contributed by atoms with Gasteiger partial charge in [0.15, 0.2) is 0 Å². The van der Waals surface area contributed by atoms with Crippen LogP contribution in [0.4, 0.5) is 0 Å². The fourth-order valence-corrected chi connectivity index (χ4v) is 0.662. The molecule has 3 heteroatoms. The summed E-state index contributed by atoms with van der Waals surface area (Å²) in [5.74, 6) is -0.185. The van der Waals surface area contributed by atoms with Crippen molar-refractivity contribution in [3.05, 3.63) is 0 Å². The Morgan fingerprint density at radius 2 is 2.08 bits per heavy atom. The summed E-state index contributed by atoms with van der Waals surface area (Å²) in [4.78, 5) is 11.4. The highest BCUT2D eigenvalue weighted by Gasteiger charge is 2.26. The molecule has 0 amide bonds. The van der Waals surface area contributed by atoms with Gasteiger partial charge in [-0.05, 0) is 27.2 Å². The lowest BCUT2D eigenvalue weighted by molar-refractivity contribution is -0.154. The number of hydrogen-bond acceptors (Lipinski definition) is 3. The molecule has 0 aliphatic carbocycles. The predicted octanol–water partition coefficient (Wildman–Crippen LogP) is 1.74. The second-order valence-electron chi connectivity index (χ2n) is 4.01. The lowest BCUT2D eigenvalue weighted by Crippen LogP contribution is -2.26. The molecule has 1 unspecified atom stereocenters. The quantitative estimate of drug-likeness (QED) is 0.668. The summed E-state index contributed by atoms with van der Waals surface area (Å²) in [5, 5.41) is 8.93. The van der Waals surface area contributed by atoms with Crippen molar-refractivity contribution in [3.63, 3.8) is 0 Å². The lowest BCUT2D eigenvalue weighted by Gasteiger charge is -2.20. The fraction of sp³-hybridized carbons (Fsp3) is 0.900. The zero-order chi connectivity index (χ0) is 10.5. The van der Waals surface area contributed by atoms with Gasteiger partial charge in [0.05, 0.1) is 18.1 Å². The number of rotatable bonds is 5. The van der Waals surface area contributed by atoms with Crippen molar-refractivity contribution in [3.8, 4) is 0 Å². The smallest absolute Gasteiger partial charge is 0.311 e. The standard InChI is InChI=1S/C10H20O3/c1-5-10(3,4)9(12)13-7-6-8(2)11/h8,11H,5-7H2,1-4H3. The van der Waals surface area contributed by atoms with E-state index in [9.17, 15) is 4.79 Å². The Kier molecular flexibility index (Phi) is 4.99. The SMILES string of the molecule is CCC(C)(C)C(=O)OCCC(C)O.